The van der Waals surface area contributed by atoms with Crippen molar-refractivity contribution >= 4 is 10.0 Å². The monoisotopic (exact) mass is 262 g/mol. The van der Waals surface area contributed by atoms with Gasteiger partial charge in [0, 0.05) is 39.5 Å². The van der Waals surface area contributed by atoms with Crippen LogP contribution >= 0.6 is 0 Å². The fourth-order valence-corrected chi connectivity index (χ4v) is 2.58. The molecule has 1 heterocycles. The first kappa shape index (κ1) is 14.1. The first-order valence-corrected chi connectivity index (χ1v) is 6.68. The second kappa shape index (κ2) is 6.10. The van der Waals surface area contributed by atoms with Crippen molar-refractivity contribution in [1.82, 2.24) is 14.5 Å². The summed E-state index contributed by atoms with van der Waals surface area (Å²) in [6.45, 7) is 0.681. The van der Waals surface area contributed by atoms with Gasteiger partial charge in [0.05, 0.1) is 6.20 Å². The van der Waals surface area contributed by atoms with Crippen molar-refractivity contribution in [2.24, 2.45) is 12.8 Å². The fourth-order valence-electron chi connectivity index (χ4n) is 1.31. The summed E-state index contributed by atoms with van der Waals surface area (Å²) in [5, 5.41) is 3.82. The first-order valence-electron chi connectivity index (χ1n) is 5.19. The van der Waals surface area contributed by atoms with E-state index in [1.54, 1.807) is 14.2 Å². The minimum atomic E-state index is -3.55. The van der Waals surface area contributed by atoms with E-state index in [1.807, 2.05) is 0 Å². The normalized spacial score (nSPS) is 13.8. The number of aryl methyl sites for hydroxylation is 1. The highest BCUT2D eigenvalue weighted by molar-refractivity contribution is 7.89. The molecule has 0 aliphatic carbocycles. The fraction of sp³-hybridized carbons (Fsp3) is 0.667. The van der Waals surface area contributed by atoms with Gasteiger partial charge in [-0.2, -0.15) is 5.10 Å². The number of hydrogen-bond donors (Lipinski definition) is 2. The molecule has 3 N–H and O–H groups in total. The Labute approximate surface area is 101 Å². The lowest BCUT2D eigenvalue weighted by Crippen LogP contribution is -2.40. The minimum Gasteiger partial charge on any atom is -0.385 e. The Morgan fingerprint density at radius 1 is 1.65 bits per heavy atom. The van der Waals surface area contributed by atoms with E-state index in [9.17, 15) is 8.42 Å². The summed E-state index contributed by atoms with van der Waals surface area (Å²) in [5.74, 6) is 0. The molecule has 98 valence electrons. The third kappa shape index (κ3) is 4.08. The van der Waals surface area contributed by atoms with Gasteiger partial charge in [-0.3, -0.25) is 4.68 Å². The van der Waals surface area contributed by atoms with E-state index in [1.165, 1.54) is 17.1 Å². The van der Waals surface area contributed by atoms with Crippen molar-refractivity contribution in [3.8, 4) is 0 Å². The first-order chi connectivity index (χ1) is 7.99. The van der Waals surface area contributed by atoms with E-state index in [0.717, 1.165) is 0 Å². The van der Waals surface area contributed by atoms with Crippen LogP contribution in [0.2, 0.25) is 0 Å². The molecule has 1 unspecified atom stereocenters. The molecule has 1 aromatic heterocycles. The van der Waals surface area contributed by atoms with Crippen LogP contribution in [0.25, 0.3) is 0 Å². The second-order valence-corrected chi connectivity index (χ2v) is 5.40. The van der Waals surface area contributed by atoms with Crippen LogP contribution < -0.4 is 10.5 Å². The molecule has 0 fully saturated rings. The Kier molecular flexibility index (Phi) is 5.06. The van der Waals surface area contributed by atoms with Gasteiger partial charge in [0.25, 0.3) is 0 Å². The molecule has 0 spiro atoms. The second-order valence-electron chi connectivity index (χ2n) is 3.69. The van der Waals surface area contributed by atoms with Gasteiger partial charge >= 0.3 is 0 Å². The maximum absolute atomic E-state index is 11.9. The van der Waals surface area contributed by atoms with E-state index in [2.05, 4.69) is 9.82 Å². The zero-order valence-corrected chi connectivity index (χ0v) is 10.8. The molecular weight excluding hydrogens is 244 g/mol. The van der Waals surface area contributed by atoms with E-state index in [0.29, 0.717) is 13.0 Å². The lowest BCUT2D eigenvalue weighted by atomic mass is 10.2. The summed E-state index contributed by atoms with van der Waals surface area (Å²) in [6, 6.07) is -0.333. The van der Waals surface area contributed by atoms with E-state index >= 15 is 0 Å². The van der Waals surface area contributed by atoms with Crippen LogP contribution in [0.3, 0.4) is 0 Å². The molecule has 7 nitrogen and oxygen atoms in total. The Morgan fingerprint density at radius 3 is 2.82 bits per heavy atom. The number of nitrogens with one attached hydrogen (secondary N) is 1. The quantitative estimate of drug-likeness (QED) is 0.661. The van der Waals surface area contributed by atoms with Gasteiger partial charge in [0.15, 0.2) is 0 Å². The Balaban J connectivity index is 2.71. The SMILES string of the molecule is COCCC(CN)NS(=O)(=O)c1cnn(C)c1. The van der Waals surface area contributed by atoms with Crippen LogP contribution in [0.15, 0.2) is 17.3 Å². The van der Waals surface area contributed by atoms with Crippen molar-refractivity contribution in [2.45, 2.75) is 17.4 Å². The van der Waals surface area contributed by atoms with Crippen molar-refractivity contribution in [1.29, 1.82) is 0 Å². The van der Waals surface area contributed by atoms with Gasteiger partial charge in [-0.15, -0.1) is 0 Å². The van der Waals surface area contributed by atoms with Crippen LogP contribution in [0.1, 0.15) is 6.42 Å². The maximum atomic E-state index is 11.9. The van der Waals surface area contributed by atoms with Crippen molar-refractivity contribution in [3.63, 3.8) is 0 Å². The van der Waals surface area contributed by atoms with Crippen molar-refractivity contribution in [2.75, 3.05) is 20.3 Å². The molecule has 0 aliphatic heterocycles. The molecule has 0 radical (unpaired) electrons. The molecule has 0 bridgehead atoms. The molecule has 17 heavy (non-hydrogen) atoms. The summed E-state index contributed by atoms with van der Waals surface area (Å²) < 4.78 is 32.7. The van der Waals surface area contributed by atoms with Gasteiger partial charge in [0.2, 0.25) is 10.0 Å². The Morgan fingerprint density at radius 2 is 2.35 bits per heavy atom. The topological polar surface area (TPSA) is 99.2 Å². The highest BCUT2D eigenvalue weighted by Crippen LogP contribution is 2.07. The maximum Gasteiger partial charge on any atom is 0.243 e. The average molecular weight is 262 g/mol. The van der Waals surface area contributed by atoms with E-state index < -0.39 is 10.0 Å². The van der Waals surface area contributed by atoms with Gasteiger partial charge in [0.1, 0.15) is 4.90 Å². The summed E-state index contributed by atoms with van der Waals surface area (Å²) in [6.07, 6.45) is 3.27. The Hall–Kier alpha value is -0.960. The summed E-state index contributed by atoms with van der Waals surface area (Å²) >= 11 is 0. The number of rotatable bonds is 7. The molecular formula is C9H18N4O3S. The van der Waals surface area contributed by atoms with Crippen LogP contribution in [-0.4, -0.2) is 44.5 Å². The highest BCUT2D eigenvalue weighted by atomic mass is 32.2. The molecule has 0 amide bonds. The highest BCUT2D eigenvalue weighted by Gasteiger charge is 2.20. The summed E-state index contributed by atoms with van der Waals surface area (Å²) in [5.41, 5.74) is 5.50. The number of nitrogens with two attached hydrogens (primary N) is 1. The van der Waals surface area contributed by atoms with Gasteiger partial charge in [-0.05, 0) is 6.42 Å². The molecule has 1 aromatic rings. The number of sulfonamides is 1. The molecule has 8 heteroatoms. The van der Waals surface area contributed by atoms with Crippen LogP contribution in [-0.2, 0) is 21.8 Å². The van der Waals surface area contributed by atoms with Crippen LogP contribution in [0, 0.1) is 0 Å². The van der Waals surface area contributed by atoms with E-state index in [4.69, 9.17) is 10.5 Å². The minimum absolute atomic E-state index is 0.135. The predicted molar refractivity (Wildman–Crippen MR) is 62.9 cm³/mol. The smallest absolute Gasteiger partial charge is 0.243 e. The Bertz CT molecular complexity index is 443. The zero-order valence-electron chi connectivity index (χ0n) is 9.96. The third-order valence-corrected chi connectivity index (χ3v) is 3.74. The standard InChI is InChI=1S/C9H18N4O3S/c1-13-7-9(6-11-13)17(14,15)12-8(5-10)3-4-16-2/h6-8,12H,3-5,10H2,1-2H3. The lowest BCUT2D eigenvalue weighted by Gasteiger charge is -2.15. The van der Waals surface area contributed by atoms with Crippen molar-refractivity contribution in [3.05, 3.63) is 12.4 Å². The predicted octanol–water partition coefficient (Wildman–Crippen LogP) is -0.938. The number of aromatic nitrogens is 2. The van der Waals surface area contributed by atoms with E-state index in [-0.39, 0.29) is 17.5 Å². The van der Waals surface area contributed by atoms with Gasteiger partial charge in [-0.25, -0.2) is 13.1 Å². The van der Waals surface area contributed by atoms with Crippen LogP contribution in [0.4, 0.5) is 0 Å². The largest absolute Gasteiger partial charge is 0.385 e. The van der Waals surface area contributed by atoms with Crippen LogP contribution in [0.5, 0.6) is 0 Å². The molecule has 1 atom stereocenters. The number of methoxy groups -OCH3 is 1. The van der Waals surface area contributed by atoms with Crippen molar-refractivity contribution < 1.29 is 13.2 Å². The molecule has 0 saturated carbocycles. The molecule has 0 aromatic carbocycles. The van der Waals surface area contributed by atoms with Gasteiger partial charge < -0.3 is 10.5 Å². The molecule has 1 rings (SSSR count). The van der Waals surface area contributed by atoms with Gasteiger partial charge in [-0.1, -0.05) is 0 Å². The molecule has 0 aliphatic rings. The number of hydrogen-bond acceptors (Lipinski definition) is 5. The zero-order chi connectivity index (χ0) is 12.9. The summed E-state index contributed by atoms with van der Waals surface area (Å²) in [4.78, 5) is 0.135. The molecule has 0 saturated heterocycles. The number of ether oxygens (including phenoxy) is 1. The number of nitrogens with zero attached hydrogens (tertiary/aromatic N) is 2. The average Bonchev–Trinajstić information content (AvgIpc) is 2.71. The summed E-state index contributed by atoms with van der Waals surface area (Å²) in [7, 11) is -0.334. The third-order valence-electron chi connectivity index (χ3n) is 2.27. The lowest BCUT2D eigenvalue weighted by molar-refractivity contribution is 0.186.